The lowest BCUT2D eigenvalue weighted by Crippen LogP contribution is -2.04. The summed E-state index contributed by atoms with van der Waals surface area (Å²) in [5.41, 5.74) is 1.99. The van der Waals surface area contributed by atoms with Crippen molar-refractivity contribution in [2.75, 3.05) is 0 Å². The number of ether oxygens (including phenoxy) is 1. The number of hydrogen-bond acceptors (Lipinski definition) is 3. The maximum Gasteiger partial charge on any atom is 0.137 e. The number of H-pyrrole nitrogens is 1. The second-order valence-corrected chi connectivity index (χ2v) is 5.35. The molecule has 23 heavy (non-hydrogen) atoms. The molecular formula is C19H18N2O2. The van der Waals surface area contributed by atoms with Gasteiger partial charge in [0.25, 0.3) is 0 Å². The smallest absolute Gasteiger partial charge is 0.137 e. The highest BCUT2D eigenvalue weighted by atomic mass is 16.5. The van der Waals surface area contributed by atoms with E-state index in [1.54, 1.807) is 12.5 Å². The summed E-state index contributed by atoms with van der Waals surface area (Å²) < 4.78 is 5.74. The molecule has 2 aromatic carbocycles. The highest BCUT2D eigenvalue weighted by Crippen LogP contribution is 2.21. The quantitative estimate of drug-likeness (QED) is 0.719. The molecule has 0 aliphatic heterocycles. The Kier molecular flexibility index (Phi) is 4.84. The number of ketones is 1. The van der Waals surface area contributed by atoms with Crippen LogP contribution in [0, 0.1) is 0 Å². The van der Waals surface area contributed by atoms with E-state index in [-0.39, 0.29) is 5.78 Å². The Balaban J connectivity index is 1.51. The first-order valence-corrected chi connectivity index (χ1v) is 7.60. The number of carbonyl (C=O) groups is 1. The maximum atomic E-state index is 12.0. The Hall–Kier alpha value is -2.88. The standard InChI is InChI=1S/C19H18N2O2/c22-17(9-8-16-13-20-14-21-16)12-15-6-10-19(11-7-15)23-18-4-2-1-3-5-18/h1-7,10-11,13-14H,8-9,12H2,(H,20,21). The topological polar surface area (TPSA) is 55.0 Å². The van der Waals surface area contributed by atoms with Crippen LogP contribution in [0.25, 0.3) is 0 Å². The number of hydrogen-bond donors (Lipinski definition) is 1. The highest BCUT2D eigenvalue weighted by Gasteiger charge is 2.06. The van der Waals surface area contributed by atoms with Crippen LogP contribution in [-0.4, -0.2) is 15.8 Å². The van der Waals surface area contributed by atoms with Crippen molar-refractivity contribution >= 4 is 5.78 Å². The second-order valence-electron chi connectivity index (χ2n) is 5.35. The van der Waals surface area contributed by atoms with E-state index in [2.05, 4.69) is 9.97 Å². The van der Waals surface area contributed by atoms with Crippen molar-refractivity contribution in [2.24, 2.45) is 0 Å². The monoisotopic (exact) mass is 306 g/mol. The van der Waals surface area contributed by atoms with Crippen LogP contribution in [0.1, 0.15) is 17.7 Å². The number of aromatic amines is 1. The van der Waals surface area contributed by atoms with E-state index in [1.807, 2.05) is 54.6 Å². The zero-order valence-corrected chi connectivity index (χ0v) is 12.7. The number of imidazole rings is 1. The van der Waals surface area contributed by atoms with Crippen molar-refractivity contribution in [1.82, 2.24) is 9.97 Å². The summed E-state index contributed by atoms with van der Waals surface area (Å²) in [7, 11) is 0. The van der Waals surface area contributed by atoms with Crippen LogP contribution in [0.4, 0.5) is 0 Å². The third-order valence-corrected chi connectivity index (χ3v) is 3.53. The van der Waals surface area contributed by atoms with Gasteiger partial charge in [-0.05, 0) is 36.2 Å². The van der Waals surface area contributed by atoms with Crippen molar-refractivity contribution in [1.29, 1.82) is 0 Å². The zero-order chi connectivity index (χ0) is 15.9. The second kappa shape index (κ2) is 7.40. The number of nitrogens with zero attached hydrogens (tertiary/aromatic N) is 1. The van der Waals surface area contributed by atoms with Crippen molar-refractivity contribution in [3.8, 4) is 11.5 Å². The lowest BCUT2D eigenvalue weighted by Gasteiger charge is -2.06. The SMILES string of the molecule is O=C(CCc1cnc[nH]1)Cc1ccc(Oc2ccccc2)cc1. The molecule has 0 spiro atoms. The Bertz CT molecular complexity index is 735. The van der Waals surface area contributed by atoms with Crippen molar-refractivity contribution < 1.29 is 9.53 Å². The van der Waals surface area contributed by atoms with Gasteiger partial charge in [-0.15, -0.1) is 0 Å². The molecular weight excluding hydrogens is 288 g/mol. The van der Waals surface area contributed by atoms with Gasteiger partial charge in [-0.3, -0.25) is 4.79 Å². The van der Waals surface area contributed by atoms with E-state index in [4.69, 9.17) is 4.74 Å². The van der Waals surface area contributed by atoms with E-state index >= 15 is 0 Å². The van der Waals surface area contributed by atoms with E-state index in [9.17, 15) is 4.79 Å². The number of aromatic nitrogens is 2. The van der Waals surface area contributed by atoms with Gasteiger partial charge in [0.1, 0.15) is 17.3 Å². The van der Waals surface area contributed by atoms with Gasteiger partial charge < -0.3 is 9.72 Å². The predicted molar refractivity (Wildman–Crippen MR) is 88.6 cm³/mol. The molecule has 0 fully saturated rings. The Morgan fingerprint density at radius 1 is 1.00 bits per heavy atom. The molecule has 0 unspecified atom stereocenters. The minimum atomic E-state index is 0.219. The third-order valence-electron chi connectivity index (χ3n) is 3.53. The molecule has 3 aromatic rings. The van der Waals surface area contributed by atoms with Crippen molar-refractivity contribution in [3.63, 3.8) is 0 Å². The van der Waals surface area contributed by atoms with Gasteiger partial charge in [0.2, 0.25) is 0 Å². The number of aryl methyl sites for hydroxylation is 1. The van der Waals surface area contributed by atoms with Crippen LogP contribution in [0.3, 0.4) is 0 Å². The Morgan fingerprint density at radius 3 is 2.43 bits per heavy atom. The Morgan fingerprint density at radius 2 is 1.74 bits per heavy atom. The molecule has 3 rings (SSSR count). The normalized spacial score (nSPS) is 10.4. The van der Waals surface area contributed by atoms with Gasteiger partial charge in [0.05, 0.1) is 6.33 Å². The molecule has 1 N–H and O–H groups in total. The molecule has 0 aliphatic carbocycles. The first-order chi connectivity index (χ1) is 11.3. The van der Waals surface area contributed by atoms with E-state index in [1.165, 1.54) is 0 Å². The first kappa shape index (κ1) is 15.0. The van der Waals surface area contributed by atoms with Crippen molar-refractivity contribution in [3.05, 3.63) is 78.4 Å². The maximum absolute atomic E-state index is 12.0. The minimum absolute atomic E-state index is 0.219. The molecule has 0 saturated carbocycles. The summed E-state index contributed by atoms with van der Waals surface area (Å²) in [6.07, 6.45) is 5.05. The average Bonchev–Trinajstić information content (AvgIpc) is 3.09. The van der Waals surface area contributed by atoms with Gasteiger partial charge in [-0.1, -0.05) is 30.3 Å². The number of para-hydroxylation sites is 1. The number of Topliss-reactive ketones (excluding diaryl/α,β-unsaturated/α-hetero) is 1. The Labute approximate surface area is 135 Å². The fourth-order valence-corrected chi connectivity index (χ4v) is 2.31. The highest BCUT2D eigenvalue weighted by molar-refractivity contribution is 5.81. The molecule has 0 radical (unpaired) electrons. The van der Waals surface area contributed by atoms with Gasteiger partial charge >= 0.3 is 0 Å². The van der Waals surface area contributed by atoms with Crippen LogP contribution in [0.15, 0.2) is 67.1 Å². The number of carbonyl (C=O) groups excluding carboxylic acids is 1. The van der Waals surface area contributed by atoms with Gasteiger partial charge in [0, 0.05) is 24.7 Å². The van der Waals surface area contributed by atoms with E-state index < -0.39 is 0 Å². The number of rotatable bonds is 7. The molecule has 4 nitrogen and oxygen atoms in total. The summed E-state index contributed by atoms with van der Waals surface area (Å²) in [4.78, 5) is 19.0. The zero-order valence-electron chi connectivity index (χ0n) is 12.7. The third kappa shape index (κ3) is 4.54. The van der Waals surface area contributed by atoms with Crippen LogP contribution in [-0.2, 0) is 17.6 Å². The number of benzene rings is 2. The molecule has 1 heterocycles. The predicted octanol–water partition coefficient (Wildman–Crippen LogP) is 3.95. The van der Waals surface area contributed by atoms with Crippen LogP contribution in [0.2, 0.25) is 0 Å². The molecule has 1 aromatic heterocycles. The summed E-state index contributed by atoms with van der Waals surface area (Å²) in [5.74, 6) is 1.79. The summed E-state index contributed by atoms with van der Waals surface area (Å²) in [5, 5.41) is 0. The largest absolute Gasteiger partial charge is 0.457 e. The van der Waals surface area contributed by atoms with Gasteiger partial charge in [-0.2, -0.15) is 0 Å². The van der Waals surface area contributed by atoms with Crippen LogP contribution in [0.5, 0.6) is 11.5 Å². The van der Waals surface area contributed by atoms with Crippen LogP contribution < -0.4 is 4.74 Å². The molecule has 0 saturated heterocycles. The van der Waals surface area contributed by atoms with Crippen molar-refractivity contribution in [2.45, 2.75) is 19.3 Å². The lowest BCUT2D eigenvalue weighted by atomic mass is 10.0. The molecule has 0 amide bonds. The molecule has 0 atom stereocenters. The van der Waals surface area contributed by atoms with E-state index in [0.717, 1.165) is 22.8 Å². The minimum Gasteiger partial charge on any atom is -0.457 e. The van der Waals surface area contributed by atoms with Gasteiger partial charge in [0.15, 0.2) is 0 Å². The van der Waals surface area contributed by atoms with Crippen LogP contribution >= 0.6 is 0 Å². The lowest BCUT2D eigenvalue weighted by molar-refractivity contribution is -0.118. The molecule has 116 valence electrons. The fourth-order valence-electron chi connectivity index (χ4n) is 2.31. The first-order valence-electron chi connectivity index (χ1n) is 7.60. The summed E-state index contributed by atoms with van der Waals surface area (Å²) in [6.45, 7) is 0. The molecule has 0 bridgehead atoms. The summed E-state index contributed by atoms with van der Waals surface area (Å²) in [6, 6.07) is 17.3. The average molecular weight is 306 g/mol. The van der Waals surface area contributed by atoms with E-state index in [0.29, 0.717) is 19.3 Å². The molecule has 4 heteroatoms. The fraction of sp³-hybridized carbons (Fsp3) is 0.158. The van der Waals surface area contributed by atoms with Gasteiger partial charge in [-0.25, -0.2) is 4.98 Å². The number of nitrogens with one attached hydrogen (secondary N) is 1. The molecule has 0 aliphatic rings. The summed E-state index contributed by atoms with van der Waals surface area (Å²) >= 11 is 0.